The Kier molecular flexibility index (Phi) is 13.1. The van der Waals surface area contributed by atoms with Crippen LogP contribution in [0.2, 0.25) is 0 Å². The van der Waals surface area contributed by atoms with E-state index in [1.165, 1.54) is 81.9 Å². The molecule has 0 saturated heterocycles. The second-order valence-electron chi connectivity index (χ2n) is 7.07. The first-order valence-electron chi connectivity index (χ1n) is 10.1. The molecule has 1 aromatic carbocycles. The Balaban J connectivity index is 1.87. The van der Waals surface area contributed by atoms with Crippen LogP contribution in [0, 0.1) is 0 Å². The van der Waals surface area contributed by atoms with E-state index in [2.05, 4.69) is 25.6 Å². The van der Waals surface area contributed by atoms with Crippen LogP contribution in [0.25, 0.3) is 0 Å². The van der Waals surface area contributed by atoms with E-state index in [1.807, 2.05) is 12.1 Å². The summed E-state index contributed by atoms with van der Waals surface area (Å²) >= 11 is 2.13. The number of phenols is 1. The second kappa shape index (κ2) is 14.7. The Morgan fingerprint density at radius 3 is 1.96 bits per heavy atom. The zero-order chi connectivity index (χ0) is 17.5. The molecule has 24 heavy (non-hydrogen) atoms. The number of thioether (sulfide) groups is 1. The largest absolute Gasteiger partial charge is 0.508 e. The van der Waals surface area contributed by atoms with Gasteiger partial charge in [0, 0.05) is 5.25 Å². The summed E-state index contributed by atoms with van der Waals surface area (Å²) in [4.78, 5) is 0. The molecule has 0 bridgehead atoms. The van der Waals surface area contributed by atoms with Crippen LogP contribution in [0.15, 0.2) is 24.3 Å². The van der Waals surface area contributed by atoms with Crippen LogP contribution in [0.1, 0.15) is 90.0 Å². The van der Waals surface area contributed by atoms with Gasteiger partial charge in [0.25, 0.3) is 0 Å². The van der Waals surface area contributed by atoms with Crippen molar-refractivity contribution in [2.24, 2.45) is 0 Å². The van der Waals surface area contributed by atoms with E-state index in [0.717, 1.165) is 11.7 Å². The lowest BCUT2D eigenvalue weighted by molar-refractivity contribution is 0.475. The van der Waals surface area contributed by atoms with E-state index in [-0.39, 0.29) is 0 Å². The third-order valence-corrected chi connectivity index (χ3v) is 6.01. The zero-order valence-corrected chi connectivity index (χ0v) is 16.8. The Labute approximate surface area is 154 Å². The molecule has 0 aliphatic carbocycles. The lowest BCUT2D eigenvalue weighted by Gasteiger charge is -2.11. The Morgan fingerprint density at radius 1 is 0.833 bits per heavy atom. The van der Waals surface area contributed by atoms with Crippen LogP contribution < -0.4 is 0 Å². The quantitative estimate of drug-likeness (QED) is 0.333. The molecular formula is C22H38OS. The number of hydrogen-bond donors (Lipinski definition) is 1. The lowest BCUT2D eigenvalue weighted by atomic mass is 10.1. The minimum atomic E-state index is 0.363. The maximum Gasteiger partial charge on any atom is 0.115 e. The van der Waals surface area contributed by atoms with Crippen LogP contribution in [-0.4, -0.2) is 16.1 Å². The number of aromatic hydroxyl groups is 1. The van der Waals surface area contributed by atoms with Crippen molar-refractivity contribution in [3.05, 3.63) is 29.8 Å². The first-order chi connectivity index (χ1) is 11.7. The summed E-state index contributed by atoms with van der Waals surface area (Å²) in [5.41, 5.74) is 1.33. The highest BCUT2D eigenvalue weighted by Gasteiger charge is 2.03. The Morgan fingerprint density at radius 2 is 1.38 bits per heavy atom. The second-order valence-corrected chi connectivity index (χ2v) is 8.61. The third-order valence-electron chi connectivity index (χ3n) is 4.68. The zero-order valence-electron chi connectivity index (χ0n) is 15.9. The number of phenolic OH excluding ortho intramolecular Hbond substituents is 1. The molecule has 0 spiro atoms. The van der Waals surface area contributed by atoms with Gasteiger partial charge in [-0.05, 0) is 42.7 Å². The normalized spacial score (nSPS) is 12.4. The smallest absolute Gasteiger partial charge is 0.115 e. The predicted molar refractivity (Wildman–Crippen MR) is 110 cm³/mol. The summed E-state index contributed by atoms with van der Waals surface area (Å²) in [5.74, 6) is 1.68. The molecule has 0 fully saturated rings. The van der Waals surface area contributed by atoms with Gasteiger partial charge in [-0.25, -0.2) is 0 Å². The molecule has 2 heteroatoms. The SMILES string of the molecule is CCCCCCCCCCCCSC(C)CCc1ccc(O)cc1. The van der Waals surface area contributed by atoms with Crippen molar-refractivity contribution in [3.63, 3.8) is 0 Å². The highest BCUT2D eigenvalue weighted by Crippen LogP contribution is 2.20. The predicted octanol–water partition coefficient (Wildman–Crippen LogP) is 7.37. The monoisotopic (exact) mass is 350 g/mol. The van der Waals surface area contributed by atoms with Crippen LogP contribution in [0.3, 0.4) is 0 Å². The molecule has 0 saturated carbocycles. The number of hydrogen-bond acceptors (Lipinski definition) is 2. The number of rotatable bonds is 15. The van der Waals surface area contributed by atoms with E-state index >= 15 is 0 Å². The molecule has 1 rings (SSSR count). The molecule has 0 aromatic heterocycles. The van der Waals surface area contributed by atoms with Crippen LogP contribution >= 0.6 is 11.8 Å². The Bertz CT molecular complexity index is 387. The molecule has 1 atom stereocenters. The first-order valence-corrected chi connectivity index (χ1v) is 11.2. The van der Waals surface area contributed by atoms with Crippen molar-refractivity contribution >= 4 is 11.8 Å². The fourth-order valence-electron chi connectivity index (χ4n) is 2.99. The molecule has 138 valence electrons. The molecule has 0 radical (unpaired) electrons. The van der Waals surface area contributed by atoms with E-state index < -0.39 is 0 Å². The fourth-order valence-corrected chi connectivity index (χ4v) is 4.05. The highest BCUT2D eigenvalue weighted by atomic mass is 32.2. The molecule has 0 heterocycles. The topological polar surface area (TPSA) is 20.2 Å². The number of unbranched alkanes of at least 4 members (excludes halogenated alkanes) is 9. The number of aryl methyl sites for hydroxylation is 1. The van der Waals surface area contributed by atoms with Crippen LogP contribution in [0.4, 0.5) is 0 Å². The molecule has 1 N–H and O–H groups in total. The van der Waals surface area contributed by atoms with Crippen molar-refractivity contribution in [3.8, 4) is 5.75 Å². The van der Waals surface area contributed by atoms with Gasteiger partial charge in [0.15, 0.2) is 0 Å². The summed E-state index contributed by atoms with van der Waals surface area (Å²) in [5, 5.41) is 10.0. The summed E-state index contributed by atoms with van der Waals surface area (Å²) in [6, 6.07) is 7.65. The molecule has 0 aliphatic heterocycles. The van der Waals surface area contributed by atoms with E-state index in [0.29, 0.717) is 5.75 Å². The third kappa shape index (κ3) is 11.8. The minimum Gasteiger partial charge on any atom is -0.508 e. The molecule has 1 unspecified atom stereocenters. The average Bonchev–Trinajstić information content (AvgIpc) is 2.59. The van der Waals surface area contributed by atoms with Crippen LogP contribution in [-0.2, 0) is 6.42 Å². The van der Waals surface area contributed by atoms with Crippen molar-refractivity contribution in [1.82, 2.24) is 0 Å². The summed E-state index contributed by atoms with van der Waals surface area (Å²) < 4.78 is 0. The summed E-state index contributed by atoms with van der Waals surface area (Å²) in [6.45, 7) is 4.63. The molecule has 1 nitrogen and oxygen atoms in total. The van der Waals surface area contributed by atoms with E-state index in [9.17, 15) is 5.11 Å². The summed E-state index contributed by atoms with van der Waals surface area (Å²) in [7, 11) is 0. The molecule has 0 aliphatic rings. The van der Waals surface area contributed by atoms with Gasteiger partial charge in [0.05, 0.1) is 0 Å². The van der Waals surface area contributed by atoms with E-state index in [1.54, 1.807) is 12.1 Å². The van der Waals surface area contributed by atoms with Gasteiger partial charge in [-0.3, -0.25) is 0 Å². The van der Waals surface area contributed by atoms with Crippen molar-refractivity contribution < 1.29 is 5.11 Å². The van der Waals surface area contributed by atoms with Gasteiger partial charge in [-0.15, -0.1) is 0 Å². The average molecular weight is 351 g/mol. The van der Waals surface area contributed by atoms with E-state index in [4.69, 9.17) is 0 Å². The molecule has 0 amide bonds. The maximum atomic E-state index is 9.30. The molecule has 1 aromatic rings. The van der Waals surface area contributed by atoms with Gasteiger partial charge >= 0.3 is 0 Å². The van der Waals surface area contributed by atoms with Gasteiger partial charge in [-0.2, -0.15) is 11.8 Å². The highest BCUT2D eigenvalue weighted by molar-refractivity contribution is 7.99. The summed E-state index contributed by atoms with van der Waals surface area (Å²) in [6.07, 6.45) is 16.5. The van der Waals surface area contributed by atoms with Gasteiger partial charge in [0.1, 0.15) is 5.75 Å². The first kappa shape index (κ1) is 21.4. The Hall–Kier alpha value is -0.630. The number of benzene rings is 1. The van der Waals surface area contributed by atoms with Gasteiger partial charge in [-0.1, -0.05) is 83.8 Å². The minimum absolute atomic E-state index is 0.363. The van der Waals surface area contributed by atoms with Crippen molar-refractivity contribution in [2.75, 3.05) is 5.75 Å². The van der Waals surface area contributed by atoms with Crippen molar-refractivity contribution in [2.45, 2.75) is 96.1 Å². The van der Waals surface area contributed by atoms with Crippen molar-refractivity contribution in [1.29, 1.82) is 0 Å². The fraction of sp³-hybridized carbons (Fsp3) is 0.727. The lowest BCUT2D eigenvalue weighted by Crippen LogP contribution is -2.00. The van der Waals surface area contributed by atoms with Crippen LogP contribution in [0.5, 0.6) is 5.75 Å². The maximum absolute atomic E-state index is 9.30. The standard InChI is InChI=1S/C22H38OS/c1-3-4-5-6-7-8-9-10-11-12-19-24-20(2)13-14-21-15-17-22(23)18-16-21/h15-18,20,23H,3-14,19H2,1-2H3. The molecular weight excluding hydrogens is 312 g/mol. The van der Waals surface area contributed by atoms with Gasteiger partial charge < -0.3 is 5.11 Å². The van der Waals surface area contributed by atoms with Gasteiger partial charge in [0.2, 0.25) is 0 Å².